The van der Waals surface area contributed by atoms with Crippen LogP contribution in [-0.2, 0) is 14.6 Å². The minimum atomic E-state index is -4.57. The molecule has 0 aromatic carbocycles. The van der Waals surface area contributed by atoms with Crippen LogP contribution < -0.4 is 29.6 Å². The van der Waals surface area contributed by atoms with E-state index in [2.05, 4.69) is 18.0 Å². The van der Waals surface area contributed by atoms with Crippen LogP contribution >= 0.6 is 0 Å². The third kappa shape index (κ3) is 18.8. The van der Waals surface area contributed by atoms with Gasteiger partial charge >= 0.3 is 29.6 Å². The molecule has 1 unspecified atom stereocenters. The van der Waals surface area contributed by atoms with Gasteiger partial charge in [0.25, 0.3) is 0 Å². The third-order valence-electron chi connectivity index (χ3n) is 3.51. The molecular formula is C15H31NaO4S. The molecular weight excluding hydrogens is 299 g/mol. The maximum atomic E-state index is 10.7. The van der Waals surface area contributed by atoms with Crippen LogP contribution in [0.3, 0.4) is 0 Å². The number of hydrogen-bond acceptors (Lipinski definition) is 4. The first-order valence-corrected chi connectivity index (χ1v) is 9.47. The van der Waals surface area contributed by atoms with E-state index in [9.17, 15) is 13.0 Å². The molecule has 0 rings (SSSR count). The topological polar surface area (TPSA) is 66.4 Å². The zero-order chi connectivity index (χ0) is 15.3. The Morgan fingerprint density at radius 3 is 1.67 bits per heavy atom. The molecule has 0 saturated carbocycles. The molecule has 0 aliphatic heterocycles. The van der Waals surface area contributed by atoms with Crippen LogP contribution in [0.1, 0.15) is 90.9 Å². The molecule has 0 heterocycles. The van der Waals surface area contributed by atoms with Crippen molar-refractivity contribution in [3.05, 3.63) is 0 Å². The van der Waals surface area contributed by atoms with Gasteiger partial charge in [0.05, 0.1) is 6.10 Å². The molecule has 0 aliphatic rings. The number of unbranched alkanes of at least 4 members (excludes halogenated alkanes) is 8. The first kappa shape index (κ1) is 24.1. The quantitative estimate of drug-likeness (QED) is 0.210. The summed E-state index contributed by atoms with van der Waals surface area (Å²) >= 11 is 0. The van der Waals surface area contributed by atoms with Gasteiger partial charge in [-0.05, 0) is 12.8 Å². The zero-order valence-electron chi connectivity index (χ0n) is 14.1. The van der Waals surface area contributed by atoms with Gasteiger partial charge in [-0.1, -0.05) is 78.1 Å². The van der Waals surface area contributed by atoms with Gasteiger partial charge in [-0.15, -0.1) is 0 Å². The summed E-state index contributed by atoms with van der Waals surface area (Å²) in [5.41, 5.74) is 0. The molecule has 6 heteroatoms. The zero-order valence-corrected chi connectivity index (χ0v) is 16.9. The molecule has 0 N–H and O–H groups in total. The molecule has 0 aromatic heterocycles. The van der Waals surface area contributed by atoms with E-state index in [-0.39, 0.29) is 29.6 Å². The third-order valence-corrected chi connectivity index (χ3v) is 4.02. The van der Waals surface area contributed by atoms with Crippen molar-refractivity contribution in [1.29, 1.82) is 0 Å². The summed E-state index contributed by atoms with van der Waals surface area (Å²) in [6, 6.07) is 0. The van der Waals surface area contributed by atoms with E-state index in [1.807, 2.05) is 0 Å². The molecule has 21 heavy (non-hydrogen) atoms. The van der Waals surface area contributed by atoms with Gasteiger partial charge in [0.1, 0.15) is 0 Å². The first-order chi connectivity index (χ1) is 9.49. The standard InChI is InChI=1S/C15H32O4S.Na/c1-3-5-7-8-9-10-12-14-15(13-11-6-4-2)19-20(16,17)18;/h15H,3-14H2,1-2H3,(H,16,17,18);/q;+1/p-1. The van der Waals surface area contributed by atoms with Crippen LogP contribution in [-0.4, -0.2) is 19.1 Å². The Kier molecular flexibility index (Phi) is 18.1. The summed E-state index contributed by atoms with van der Waals surface area (Å²) in [6.45, 7) is 4.29. The van der Waals surface area contributed by atoms with E-state index >= 15 is 0 Å². The van der Waals surface area contributed by atoms with Crippen molar-refractivity contribution >= 4 is 10.4 Å². The molecule has 0 amide bonds. The van der Waals surface area contributed by atoms with Crippen LogP contribution in [0.4, 0.5) is 0 Å². The molecule has 1 atom stereocenters. The van der Waals surface area contributed by atoms with Gasteiger partial charge in [-0.25, -0.2) is 8.42 Å². The monoisotopic (exact) mass is 330 g/mol. The Labute approximate surface area is 153 Å². The van der Waals surface area contributed by atoms with Crippen molar-refractivity contribution in [2.24, 2.45) is 0 Å². The maximum Gasteiger partial charge on any atom is 1.00 e. The fraction of sp³-hybridized carbons (Fsp3) is 1.00. The second-order valence-electron chi connectivity index (χ2n) is 5.53. The number of rotatable bonds is 14. The van der Waals surface area contributed by atoms with Crippen molar-refractivity contribution in [1.82, 2.24) is 0 Å². The second kappa shape index (κ2) is 15.8. The predicted octanol–water partition coefficient (Wildman–Crippen LogP) is 1.56. The van der Waals surface area contributed by atoms with Crippen LogP contribution in [0.15, 0.2) is 0 Å². The molecule has 0 fully saturated rings. The van der Waals surface area contributed by atoms with E-state index in [4.69, 9.17) is 0 Å². The van der Waals surface area contributed by atoms with Crippen LogP contribution in [0.5, 0.6) is 0 Å². The summed E-state index contributed by atoms with van der Waals surface area (Å²) in [5.74, 6) is 0. The fourth-order valence-electron chi connectivity index (χ4n) is 2.36. The molecule has 0 radical (unpaired) electrons. The van der Waals surface area contributed by atoms with E-state index in [0.29, 0.717) is 12.8 Å². The Bertz CT molecular complexity index is 307. The minimum absolute atomic E-state index is 0. The van der Waals surface area contributed by atoms with E-state index in [1.165, 1.54) is 32.1 Å². The predicted molar refractivity (Wildman–Crippen MR) is 81.3 cm³/mol. The average Bonchev–Trinajstić information content (AvgIpc) is 2.36. The van der Waals surface area contributed by atoms with Gasteiger partial charge in [0.2, 0.25) is 10.4 Å². The van der Waals surface area contributed by atoms with Gasteiger partial charge in [0, 0.05) is 0 Å². The average molecular weight is 330 g/mol. The van der Waals surface area contributed by atoms with Crippen molar-refractivity contribution < 1.29 is 46.7 Å². The summed E-state index contributed by atoms with van der Waals surface area (Å²) in [4.78, 5) is 0. The van der Waals surface area contributed by atoms with Gasteiger partial charge in [-0.2, -0.15) is 0 Å². The maximum absolute atomic E-state index is 10.7. The van der Waals surface area contributed by atoms with E-state index in [0.717, 1.165) is 32.1 Å². The molecule has 0 bridgehead atoms. The first-order valence-electron chi connectivity index (χ1n) is 8.13. The van der Waals surface area contributed by atoms with Crippen molar-refractivity contribution in [2.45, 2.75) is 97.0 Å². The van der Waals surface area contributed by atoms with Gasteiger partial charge in [-0.3, -0.25) is 4.18 Å². The van der Waals surface area contributed by atoms with Crippen LogP contribution in [0.2, 0.25) is 0 Å². The fourth-order valence-corrected chi connectivity index (χ4v) is 2.88. The molecule has 122 valence electrons. The van der Waals surface area contributed by atoms with Crippen molar-refractivity contribution in [3.8, 4) is 0 Å². The van der Waals surface area contributed by atoms with Crippen molar-refractivity contribution in [3.63, 3.8) is 0 Å². The normalized spacial score (nSPS) is 12.9. The van der Waals surface area contributed by atoms with Crippen LogP contribution in [0.25, 0.3) is 0 Å². The molecule has 0 aliphatic carbocycles. The van der Waals surface area contributed by atoms with Crippen LogP contribution in [0, 0.1) is 0 Å². The summed E-state index contributed by atoms with van der Waals surface area (Å²) in [7, 11) is -4.57. The van der Waals surface area contributed by atoms with Gasteiger partial charge in [0.15, 0.2) is 0 Å². The summed E-state index contributed by atoms with van der Waals surface area (Å²) in [5, 5.41) is 0. The van der Waals surface area contributed by atoms with Crippen molar-refractivity contribution in [2.75, 3.05) is 0 Å². The molecule has 4 nitrogen and oxygen atoms in total. The Morgan fingerprint density at radius 2 is 1.19 bits per heavy atom. The Hall–Kier alpha value is 0.870. The smallest absolute Gasteiger partial charge is 0.726 e. The summed E-state index contributed by atoms with van der Waals surface area (Å²) in [6.07, 6.45) is 12.3. The minimum Gasteiger partial charge on any atom is -0.726 e. The molecule has 0 aromatic rings. The second-order valence-corrected chi connectivity index (χ2v) is 6.54. The largest absolute Gasteiger partial charge is 1.00 e. The Balaban J connectivity index is 0. The summed E-state index contributed by atoms with van der Waals surface area (Å²) < 4.78 is 36.8. The SMILES string of the molecule is CCCCCCCCCC(CCCCC)OS(=O)(=O)[O-].[Na+]. The van der Waals surface area contributed by atoms with Gasteiger partial charge < -0.3 is 4.55 Å². The van der Waals surface area contributed by atoms with E-state index in [1.54, 1.807) is 0 Å². The molecule has 0 saturated heterocycles. The number of hydrogen-bond donors (Lipinski definition) is 0. The Morgan fingerprint density at radius 1 is 0.810 bits per heavy atom. The van der Waals surface area contributed by atoms with E-state index < -0.39 is 16.5 Å². The molecule has 0 spiro atoms.